The SMILES string of the molecule is CC(NC(=O)CCl)c1ccccc1Cl. The summed E-state index contributed by atoms with van der Waals surface area (Å²) in [6, 6.07) is 7.28. The van der Waals surface area contributed by atoms with Crippen LogP contribution in [-0.2, 0) is 4.79 Å². The number of benzene rings is 1. The minimum absolute atomic E-state index is 0.0329. The molecule has 0 radical (unpaired) electrons. The molecule has 4 heteroatoms. The monoisotopic (exact) mass is 231 g/mol. The number of amides is 1. The number of hydrogen-bond acceptors (Lipinski definition) is 1. The molecule has 0 aliphatic heterocycles. The first-order chi connectivity index (χ1) is 6.65. The highest BCUT2D eigenvalue weighted by Gasteiger charge is 2.10. The molecule has 76 valence electrons. The normalized spacial score (nSPS) is 12.2. The number of alkyl halides is 1. The summed E-state index contributed by atoms with van der Waals surface area (Å²) in [6.07, 6.45) is 0. The molecule has 1 aromatic rings. The highest BCUT2D eigenvalue weighted by molar-refractivity contribution is 6.31. The number of carbonyl (C=O) groups excluding carboxylic acids is 1. The first-order valence-corrected chi connectivity index (χ1v) is 5.16. The van der Waals surface area contributed by atoms with Gasteiger partial charge in [0, 0.05) is 5.02 Å². The lowest BCUT2D eigenvalue weighted by atomic mass is 10.1. The largest absolute Gasteiger partial charge is 0.348 e. The number of hydrogen-bond donors (Lipinski definition) is 1. The second-order valence-electron chi connectivity index (χ2n) is 2.94. The Morgan fingerprint density at radius 2 is 2.14 bits per heavy atom. The third-order valence-corrected chi connectivity index (χ3v) is 2.46. The van der Waals surface area contributed by atoms with Crippen LogP contribution >= 0.6 is 23.2 Å². The van der Waals surface area contributed by atoms with Crippen LogP contribution in [0.5, 0.6) is 0 Å². The van der Waals surface area contributed by atoms with Crippen molar-refractivity contribution < 1.29 is 4.79 Å². The molecule has 1 rings (SSSR count). The van der Waals surface area contributed by atoms with Crippen LogP contribution in [0, 0.1) is 0 Å². The topological polar surface area (TPSA) is 29.1 Å². The Morgan fingerprint density at radius 1 is 1.50 bits per heavy atom. The molecule has 1 atom stereocenters. The van der Waals surface area contributed by atoms with Gasteiger partial charge in [-0.1, -0.05) is 29.8 Å². The summed E-state index contributed by atoms with van der Waals surface area (Å²) in [6.45, 7) is 1.87. The lowest BCUT2D eigenvalue weighted by molar-refractivity contribution is -0.119. The standard InChI is InChI=1S/C10H11Cl2NO/c1-7(13-10(14)6-11)8-4-2-3-5-9(8)12/h2-5,7H,6H2,1H3,(H,13,14). The van der Waals surface area contributed by atoms with Crippen LogP contribution in [0.4, 0.5) is 0 Å². The van der Waals surface area contributed by atoms with Gasteiger partial charge in [0.2, 0.25) is 5.91 Å². The number of halogens is 2. The molecule has 0 fully saturated rings. The van der Waals surface area contributed by atoms with Gasteiger partial charge in [0.1, 0.15) is 5.88 Å². The first kappa shape index (κ1) is 11.3. The van der Waals surface area contributed by atoms with Gasteiger partial charge in [-0.05, 0) is 18.6 Å². The van der Waals surface area contributed by atoms with E-state index in [2.05, 4.69) is 5.32 Å². The summed E-state index contributed by atoms with van der Waals surface area (Å²) in [5, 5.41) is 3.38. The summed E-state index contributed by atoms with van der Waals surface area (Å²) >= 11 is 11.3. The molecule has 1 N–H and O–H groups in total. The van der Waals surface area contributed by atoms with E-state index in [4.69, 9.17) is 23.2 Å². The summed E-state index contributed by atoms with van der Waals surface area (Å²) in [4.78, 5) is 11.0. The number of carbonyl (C=O) groups is 1. The zero-order valence-corrected chi connectivity index (χ0v) is 9.27. The van der Waals surface area contributed by atoms with Crippen LogP contribution in [0.25, 0.3) is 0 Å². The molecule has 0 aliphatic carbocycles. The molecule has 0 aromatic heterocycles. The van der Waals surface area contributed by atoms with Crippen molar-refractivity contribution in [3.8, 4) is 0 Å². The van der Waals surface area contributed by atoms with E-state index in [1.807, 2.05) is 25.1 Å². The van der Waals surface area contributed by atoms with Gasteiger partial charge in [0.25, 0.3) is 0 Å². The quantitative estimate of drug-likeness (QED) is 0.797. The van der Waals surface area contributed by atoms with Gasteiger partial charge < -0.3 is 5.32 Å². The van der Waals surface area contributed by atoms with Crippen molar-refractivity contribution in [1.29, 1.82) is 0 Å². The Labute approximate surface area is 93.2 Å². The minimum Gasteiger partial charge on any atom is -0.348 e. The third kappa shape index (κ3) is 2.89. The van der Waals surface area contributed by atoms with E-state index in [1.165, 1.54) is 0 Å². The molecule has 2 nitrogen and oxygen atoms in total. The number of rotatable bonds is 3. The van der Waals surface area contributed by atoms with Crippen molar-refractivity contribution in [3.63, 3.8) is 0 Å². The van der Waals surface area contributed by atoms with Gasteiger partial charge in [0.05, 0.1) is 6.04 Å². The summed E-state index contributed by atoms with van der Waals surface area (Å²) < 4.78 is 0. The van der Waals surface area contributed by atoms with Crippen LogP contribution in [0.1, 0.15) is 18.5 Å². The van der Waals surface area contributed by atoms with Gasteiger partial charge in [-0.25, -0.2) is 0 Å². The van der Waals surface area contributed by atoms with Crippen molar-refractivity contribution in [2.45, 2.75) is 13.0 Å². The second-order valence-corrected chi connectivity index (χ2v) is 3.62. The van der Waals surface area contributed by atoms with Crippen molar-refractivity contribution in [1.82, 2.24) is 5.32 Å². The van der Waals surface area contributed by atoms with Gasteiger partial charge in [-0.2, -0.15) is 0 Å². The van der Waals surface area contributed by atoms with Crippen molar-refractivity contribution >= 4 is 29.1 Å². The molecule has 0 heterocycles. The molecule has 0 aliphatic rings. The molecule has 0 bridgehead atoms. The van der Waals surface area contributed by atoms with Crippen molar-refractivity contribution in [2.75, 3.05) is 5.88 Å². The highest BCUT2D eigenvalue weighted by Crippen LogP contribution is 2.21. The molecule has 1 unspecified atom stereocenters. The Bertz CT molecular complexity index is 328. The maximum absolute atomic E-state index is 11.0. The van der Waals surface area contributed by atoms with Crippen molar-refractivity contribution in [3.05, 3.63) is 34.9 Å². The molecular weight excluding hydrogens is 221 g/mol. The second kappa shape index (κ2) is 5.23. The molecule has 14 heavy (non-hydrogen) atoms. The van der Waals surface area contributed by atoms with E-state index >= 15 is 0 Å². The molecular formula is C10H11Cl2NO. The molecule has 1 amide bonds. The van der Waals surface area contributed by atoms with Gasteiger partial charge in [0.15, 0.2) is 0 Å². The zero-order chi connectivity index (χ0) is 10.6. The Balaban J connectivity index is 2.74. The van der Waals surface area contributed by atoms with Crippen LogP contribution in [0.3, 0.4) is 0 Å². The van der Waals surface area contributed by atoms with Crippen LogP contribution in [0.15, 0.2) is 24.3 Å². The maximum Gasteiger partial charge on any atom is 0.235 e. The fourth-order valence-corrected chi connectivity index (χ4v) is 1.56. The van der Waals surface area contributed by atoms with E-state index in [9.17, 15) is 4.79 Å². The van der Waals surface area contributed by atoms with Crippen LogP contribution in [0.2, 0.25) is 5.02 Å². The maximum atomic E-state index is 11.0. The highest BCUT2D eigenvalue weighted by atomic mass is 35.5. The molecule has 0 spiro atoms. The Morgan fingerprint density at radius 3 is 2.71 bits per heavy atom. The lowest BCUT2D eigenvalue weighted by Gasteiger charge is -2.14. The van der Waals surface area contributed by atoms with Gasteiger partial charge >= 0.3 is 0 Å². The van der Waals surface area contributed by atoms with Gasteiger partial charge in [-0.3, -0.25) is 4.79 Å². The first-order valence-electron chi connectivity index (χ1n) is 4.25. The lowest BCUT2D eigenvalue weighted by Crippen LogP contribution is -2.27. The minimum atomic E-state index is -0.195. The van der Waals surface area contributed by atoms with E-state index < -0.39 is 0 Å². The molecule has 0 saturated heterocycles. The average Bonchev–Trinajstić information content (AvgIpc) is 2.18. The predicted octanol–water partition coefficient (Wildman–Crippen LogP) is 2.76. The zero-order valence-electron chi connectivity index (χ0n) is 7.76. The third-order valence-electron chi connectivity index (χ3n) is 1.87. The summed E-state index contributed by atoms with van der Waals surface area (Å²) in [7, 11) is 0. The smallest absolute Gasteiger partial charge is 0.235 e. The van der Waals surface area contributed by atoms with E-state index in [0.717, 1.165) is 5.56 Å². The Kier molecular flexibility index (Phi) is 4.23. The van der Waals surface area contributed by atoms with E-state index in [1.54, 1.807) is 6.07 Å². The van der Waals surface area contributed by atoms with Crippen LogP contribution in [-0.4, -0.2) is 11.8 Å². The molecule has 1 aromatic carbocycles. The summed E-state index contributed by atoms with van der Waals surface area (Å²) in [5.74, 6) is -0.228. The van der Waals surface area contributed by atoms with Gasteiger partial charge in [-0.15, -0.1) is 11.6 Å². The fraction of sp³-hybridized carbons (Fsp3) is 0.300. The molecule has 0 saturated carbocycles. The van der Waals surface area contributed by atoms with E-state index in [-0.39, 0.29) is 17.8 Å². The predicted molar refractivity (Wildman–Crippen MR) is 58.7 cm³/mol. The average molecular weight is 232 g/mol. The van der Waals surface area contributed by atoms with Crippen molar-refractivity contribution in [2.24, 2.45) is 0 Å². The van der Waals surface area contributed by atoms with Crippen LogP contribution < -0.4 is 5.32 Å². The fourth-order valence-electron chi connectivity index (χ4n) is 1.18. The summed E-state index contributed by atoms with van der Waals surface area (Å²) in [5.41, 5.74) is 0.896. The Hall–Kier alpha value is -0.730. The van der Waals surface area contributed by atoms with E-state index in [0.29, 0.717) is 5.02 Å². The number of nitrogens with one attached hydrogen (secondary N) is 1.